The minimum Gasteiger partial charge on any atom is -0.390 e. The van der Waals surface area contributed by atoms with Gasteiger partial charge in [0.15, 0.2) is 11.5 Å². The molecule has 11 rings (SSSR count). The number of carbonyl (C=O) groups is 1. The Hall–Kier alpha value is -2.79. The number of amides is 1. The maximum absolute atomic E-state index is 14.8. The van der Waals surface area contributed by atoms with Crippen LogP contribution in [0.3, 0.4) is 0 Å². The molecule has 6 fully saturated rings. The summed E-state index contributed by atoms with van der Waals surface area (Å²) in [6, 6.07) is 18.0. The molecule has 9 nitrogen and oxygen atoms in total. The van der Waals surface area contributed by atoms with E-state index in [0.717, 1.165) is 37.9 Å². The number of aryl methyl sites for hydroxylation is 1. The summed E-state index contributed by atoms with van der Waals surface area (Å²) in [6.07, 6.45) is 3.28. The van der Waals surface area contributed by atoms with E-state index in [1.165, 1.54) is 27.7 Å². The normalized spacial score (nSPS) is 46.0. The lowest BCUT2D eigenvalue weighted by Crippen LogP contribution is -2.86. The highest BCUT2D eigenvalue weighted by molar-refractivity contribution is 6.02. The van der Waals surface area contributed by atoms with Crippen LogP contribution in [0.5, 0.6) is 0 Å². The number of benzene rings is 2. The number of aromatic nitrogens is 1. The Morgan fingerprint density at radius 3 is 2.67 bits per heavy atom. The van der Waals surface area contributed by atoms with E-state index in [9.17, 15) is 15.0 Å². The van der Waals surface area contributed by atoms with Gasteiger partial charge in [-0.25, -0.2) is 0 Å². The Bertz CT molecular complexity index is 1930. The molecular formula is C39H46N4O5. The van der Waals surface area contributed by atoms with Crippen molar-refractivity contribution in [1.29, 1.82) is 0 Å². The van der Waals surface area contributed by atoms with Gasteiger partial charge in [0.05, 0.1) is 36.4 Å². The van der Waals surface area contributed by atoms with Crippen molar-refractivity contribution in [2.24, 2.45) is 30.7 Å². The summed E-state index contributed by atoms with van der Waals surface area (Å²) in [5.74, 6) is -0.691. The number of piperidine rings is 4. The average Bonchev–Trinajstić information content (AvgIpc) is 3.49. The van der Waals surface area contributed by atoms with Crippen molar-refractivity contribution in [1.82, 2.24) is 14.4 Å². The van der Waals surface area contributed by atoms with Crippen LogP contribution < -0.4 is 4.90 Å². The molecule has 3 aromatic rings. The van der Waals surface area contributed by atoms with Gasteiger partial charge in [0.1, 0.15) is 5.60 Å². The van der Waals surface area contributed by atoms with E-state index >= 15 is 0 Å². The Morgan fingerprint density at radius 2 is 1.83 bits per heavy atom. The summed E-state index contributed by atoms with van der Waals surface area (Å²) in [5.41, 5.74) is 3.61. The fraction of sp³-hybridized carbons (Fsp3) is 0.615. The number of anilines is 1. The summed E-state index contributed by atoms with van der Waals surface area (Å²) in [6.45, 7) is 5.49. The van der Waals surface area contributed by atoms with Crippen molar-refractivity contribution < 1.29 is 24.5 Å². The van der Waals surface area contributed by atoms with Gasteiger partial charge in [-0.2, -0.15) is 0 Å². The number of aliphatic hydroxyl groups excluding tert-OH is 1. The molecule has 12 atom stereocenters. The van der Waals surface area contributed by atoms with Crippen molar-refractivity contribution in [3.05, 3.63) is 65.4 Å². The zero-order chi connectivity index (χ0) is 32.7. The fourth-order valence-corrected chi connectivity index (χ4v) is 13.2. The molecule has 2 N–H and O–H groups in total. The highest BCUT2D eigenvalue weighted by atomic mass is 16.7. The maximum atomic E-state index is 14.8. The first-order valence-corrected chi connectivity index (χ1v) is 18.2. The quantitative estimate of drug-likeness (QED) is 0.416. The molecule has 1 amide bonds. The lowest BCUT2D eigenvalue weighted by atomic mass is 9.52. The first kappa shape index (κ1) is 29.0. The molecule has 8 aliphatic heterocycles. The second kappa shape index (κ2) is 8.92. The van der Waals surface area contributed by atoms with E-state index in [-0.39, 0.29) is 29.8 Å². The van der Waals surface area contributed by atoms with Crippen molar-refractivity contribution in [3.63, 3.8) is 0 Å². The number of carbonyl (C=O) groups excluding carboxylic acids is 1. The lowest BCUT2D eigenvalue weighted by Gasteiger charge is -2.72. The number of rotatable bonds is 1. The highest BCUT2D eigenvalue weighted by Gasteiger charge is 2.81. The van der Waals surface area contributed by atoms with E-state index in [1.807, 2.05) is 11.0 Å². The van der Waals surface area contributed by atoms with Gasteiger partial charge in [-0.15, -0.1) is 0 Å². The lowest BCUT2D eigenvalue weighted by molar-refractivity contribution is -0.401. The molecular weight excluding hydrogens is 604 g/mol. The predicted molar refractivity (Wildman–Crippen MR) is 179 cm³/mol. The number of fused-ring (bicyclic) bond motifs is 13. The van der Waals surface area contributed by atoms with Crippen LogP contribution in [0.2, 0.25) is 0 Å². The number of aliphatic hydroxyl groups is 2. The number of ether oxygens (including phenoxy) is 2. The molecule has 9 heteroatoms. The molecule has 48 heavy (non-hydrogen) atoms. The van der Waals surface area contributed by atoms with Crippen LogP contribution in [-0.2, 0) is 33.2 Å². The fourth-order valence-electron chi connectivity index (χ4n) is 13.2. The number of hydrogen-bond donors (Lipinski definition) is 2. The van der Waals surface area contributed by atoms with Gasteiger partial charge in [0.2, 0.25) is 5.91 Å². The van der Waals surface area contributed by atoms with Crippen LogP contribution in [0, 0.1) is 23.7 Å². The van der Waals surface area contributed by atoms with Gasteiger partial charge >= 0.3 is 0 Å². The molecule has 0 saturated carbocycles. The maximum Gasteiger partial charge on any atom is 0.235 e. The second-order valence-corrected chi connectivity index (χ2v) is 16.9. The third-order valence-corrected chi connectivity index (χ3v) is 15.4. The smallest absolute Gasteiger partial charge is 0.235 e. The van der Waals surface area contributed by atoms with Crippen molar-refractivity contribution in [2.75, 3.05) is 31.6 Å². The van der Waals surface area contributed by atoms with Gasteiger partial charge in [0.25, 0.3) is 0 Å². The molecule has 9 heterocycles. The minimum absolute atomic E-state index is 0.102. The molecule has 12 unspecified atom stereocenters. The standard InChI is InChI=1S/C39H46N4O5/c1-21(44)38(46)20-42-14-13-37-18-28-23-15-32-34-24(22-9-5-7-11-29(22)41(34)4)16-31(40(32)3)25(23)19-47-36(28,2)48-39(37)33(42)17-27(38)35(45)43(39)30-12-8-6-10-26(30)37/h5-12,21,23,25,27-28,31-33,44,46H,13-20H2,1-4H3. The van der Waals surface area contributed by atoms with Crippen LogP contribution in [0.4, 0.5) is 5.69 Å². The molecule has 1 spiro atoms. The van der Waals surface area contributed by atoms with E-state index in [4.69, 9.17) is 9.47 Å². The third kappa shape index (κ3) is 3.00. The average molecular weight is 651 g/mol. The summed E-state index contributed by atoms with van der Waals surface area (Å²) >= 11 is 0. The molecule has 2 aromatic carbocycles. The molecule has 252 valence electrons. The van der Waals surface area contributed by atoms with Crippen LogP contribution in [0.25, 0.3) is 10.9 Å². The van der Waals surface area contributed by atoms with Crippen LogP contribution >= 0.6 is 0 Å². The molecule has 8 aliphatic rings. The zero-order valence-corrected chi connectivity index (χ0v) is 28.3. The van der Waals surface area contributed by atoms with E-state index in [2.05, 4.69) is 77.9 Å². The molecule has 0 aliphatic carbocycles. The molecule has 4 bridgehead atoms. The zero-order valence-electron chi connectivity index (χ0n) is 28.3. The van der Waals surface area contributed by atoms with Crippen LogP contribution in [0.1, 0.15) is 62.4 Å². The molecule has 1 aromatic heterocycles. The van der Waals surface area contributed by atoms with Crippen molar-refractivity contribution in [3.8, 4) is 0 Å². The van der Waals surface area contributed by atoms with E-state index in [0.29, 0.717) is 36.9 Å². The predicted octanol–water partition coefficient (Wildman–Crippen LogP) is 3.70. The second-order valence-electron chi connectivity index (χ2n) is 16.9. The molecule has 0 radical (unpaired) electrons. The number of nitrogens with zero attached hydrogens (tertiary/aromatic N) is 4. The first-order chi connectivity index (χ1) is 23.0. The van der Waals surface area contributed by atoms with Gasteiger partial charge in [-0.05, 0) is 88.7 Å². The van der Waals surface area contributed by atoms with Crippen LogP contribution in [0.15, 0.2) is 48.5 Å². The number of likely N-dealkylation sites (N-methyl/N-ethyl adjacent to an activating group) is 1. The number of hydrogen-bond acceptors (Lipinski definition) is 7. The van der Waals surface area contributed by atoms with Crippen molar-refractivity contribution >= 4 is 22.5 Å². The summed E-state index contributed by atoms with van der Waals surface area (Å²) in [4.78, 5) is 21.7. The Morgan fingerprint density at radius 1 is 1.04 bits per heavy atom. The largest absolute Gasteiger partial charge is 0.390 e. The third-order valence-electron chi connectivity index (χ3n) is 15.4. The first-order valence-electron chi connectivity index (χ1n) is 18.2. The van der Waals surface area contributed by atoms with Gasteiger partial charge in [-0.3, -0.25) is 19.5 Å². The summed E-state index contributed by atoms with van der Waals surface area (Å²) in [7, 11) is 4.57. The minimum atomic E-state index is -1.51. The van der Waals surface area contributed by atoms with Gasteiger partial charge in [0, 0.05) is 53.5 Å². The number of para-hydroxylation sites is 2. The Balaban J connectivity index is 1.05. The topological polar surface area (TPSA) is 90.6 Å². The van der Waals surface area contributed by atoms with Gasteiger partial charge in [-0.1, -0.05) is 36.4 Å². The summed E-state index contributed by atoms with van der Waals surface area (Å²) in [5, 5.41) is 24.2. The van der Waals surface area contributed by atoms with E-state index < -0.39 is 29.1 Å². The summed E-state index contributed by atoms with van der Waals surface area (Å²) < 4.78 is 17.2. The van der Waals surface area contributed by atoms with Crippen molar-refractivity contribution in [2.45, 2.75) is 92.7 Å². The monoisotopic (exact) mass is 650 g/mol. The van der Waals surface area contributed by atoms with E-state index in [1.54, 1.807) is 6.92 Å². The van der Waals surface area contributed by atoms with Gasteiger partial charge < -0.3 is 24.3 Å². The Labute approximate surface area is 281 Å². The molecule has 6 saturated heterocycles. The highest BCUT2D eigenvalue weighted by Crippen LogP contribution is 2.71. The SMILES string of the molecule is CC(O)C1(O)CN2CCC34CC5C6CC7c8c(c9ccccc9n8C)CC(C6COC5(C)OC35C2CC1C(=O)N5c1ccccc14)N7C. The van der Waals surface area contributed by atoms with Crippen LogP contribution in [-0.4, -0.2) is 92.5 Å². The Kier molecular flexibility index (Phi) is 5.39.